The molecule has 0 amide bonds. The summed E-state index contributed by atoms with van der Waals surface area (Å²) in [5, 5.41) is 14.4. The monoisotopic (exact) mass is 486 g/mol. The van der Waals surface area contributed by atoms with Gasteiger partial charge in [0.2, 0.25) is 0 Å². The summed E-state index contributed by atoms with van der Waals surface area (Å²) in [6.07, 6.45) is 0. The molecule has 8 nitrogen and oxygen atoms in total. The number of fused-ring (bicyclic) bond motifs is 4. The first-order valence-electron chi connectivity index (χ1n) is 11.4. The molecule has 182 valence electrons. The van der Waals surface area contributed by atoms with Crippen molar-refractivity contribution < 1.29 is 27.5 Å². The van der Waals surface area contributed by atoms with Crippen LogP contribution in [-0.4, -0.2) is 11.7 Å². The Hall–Kier alpha value is -4.14. The zero-order valence-electron chi connectivity index (χ0n) is 19.8. The van der Waals surface area contributed by atoms with E-state index >= 15 is 0 Å². The second-order valence-corrected chi connectivity index (χ2v) is 9.66. The van der Waals surface area contributed by atoms with E-state index in [0.29, 0.717) is 33.9 Å². The van der Waals surface area contributed by atoms with Crippen molar-refractivity contribution in [1.29, 1.82) is 0 Å². The predicted octanol–water partition coefficient (Wildman–Crippen LogP) is 5.55. The number of aliphatic hydroxyl groups is 1. The summed E-state index contributed by atoms with van der Waals surface area (Å²) in [5.41, 5.74) is -1.32. The number of hydrogen-bond acceptors (Lipinski definition) is 8. The largest absolute Gasteiger partial charge is 0.458 e. The fourth-order valence-electron chi connectivity index (χ4n) is 4.23. The number of benzene rings is 2. The fourth-order valence-corrected chi connectivity index (χ4v) is 4.23. The van der Waals surface area contributed by atoms with Gasteiger partial charge >= 0.3 is 11.3 Å². The lowest BCUT2D eigenvalue weighted by atomic mass is 10.0. The molecule has 0 spiro atoms. The van der Waals surface area contributed by atoms with Crippen LogP contribution in [0.15, 0.2) is 87.9 Å². The molecule has 2 aromatic carbocycles. The first kappa shape index (κ1) is 22.3. The topological polar surface area (TPSA) is 116 Å². The molecule has 4 aromatic heterocycles. The van der Waals surface area contributed by atoms with Crippen molar-refractivity contribution in [3.63, 3.8) is 0 Å². The maximum atomic E-state index is 11.5. The van der Waals surface area contributed by atoms with Crippen molar-refractivity contribution in [2.75, 3.05) is 6.61 Å². The van der Waals surface area contributed by atoms with E-state index < -0.39 is 22.5 Å². The van der Waals surface area contributed by atoms with Gasteiger partial charge in [-0.15, -0.1) is 0 Å². The first-order valence-corrected chi connectivity index (χ1v) is 11.4. The van der Waals surface area contributed by atoms with E-state index in [1.54, 1.807) is 37.3 Å². The van der Waals surface area contributed by atoms with Crippen molar-refractivity contribution in [2.24, 2.45) is 0 Å². The van der Waals surface area contributed by atoms with Gasteiger partial charge in [-0.2, -0.15) is 0 Å². The van der Waals surface area contributed by atoms with E-state index in [0.717, 1.165) is 21.5 Å². The predicted molar refractivity (Wildman–Crippen MR) is 133 cm³/mol. The minimum absolute atomic E-state index is 0.0810. The molecule has 0 bridgehead atoms. The van der Waals surface area contributed by atoms with E-state index in [9.17, 15) is 14.7 Å². The summed E-state index contributed by atoms with van der Waals surface area (Å²) in [4.78, 5) is 23.1. The quantitative estimate of drug-likeness (QED) is 0.315. The Balaban J connectivity index is 1.28. The fraction of sp³-hybridized carbons (Fsp3) is 0.214. The van der Waals surface area contributed by atoms with Crippen LogP contribution in [0.4, 0.5) is 0 Å². The van der Waals surface area contributed by atoms with Crippen LogP contribution in [0, 0.1) is 0 Å². The Morgan fingerprint density at radius 2 is 1.11 bits per heavy atom. The molecule has 0 fully saturated rings. The van der Waals surface area contributed by atoms with Gasteiger partial charge in [0, 0.05) is 45.8 Å². The van der Waals surface area contributed by atoms with Crippen LogP contribution >= 0.6 is 0 Å². The summed E-state index contributed by atoms with van der Waals surface area (Å²) in [5.74, 6) is 0.869. The molecule has 1 N–H and O–H groups in total. The second-order valence-electron chi connectivity index (χ2n) is 9.66. The minimum Gasteiger partial charge on any atom is -0.458 e. The molecule has 36 heavy (non-hydrogen) atoms. The molecular weight excluding hydrogens is 464 g/mol. The number of furan rings is 2. The van der Waals surface area contributed by atoms with Gasteiger partial charge in [-0.05, 0) is 57.2 Å². The van der Waals surface area contributed by atoms with E-state index in [4.69, 9.17) is 22.4 Å². The molecular formula is C28H22O8. The Morgan fingerprint density at radius 3 is 1.67 bits per heavy atom. The molecule has 0 aliphatic heterocycles. The van der Waals surface area contributed by atoms with Gasteiger partial charge in [0.1, 0.15) is 45.1 Å². The average molecular weight is 486 g/mol. The van der Waals surface area contributed by atoms with Crippen molar-refractivity contribution in [2.45, 2.75) is 32.0 Å². The third-order valence-corrected chi connectivity index (χ3v) is 6.35. The van der Waals surface area contributed by atoms with E-state index in [-0.39, 0.29) is 6.61 Å². The molecule has 6 aromatic rings. The molecule has 0 aliphatic carbocycles. The average Bonchev–Trinajstić information content (AvgIpc) is 3.44. The van der Waals surface area contributed by atoms with Gasteiger partial charge in [-0.1, -0.05) is 0 Å². The second kappa shape index (κ2) is 7.68. The summed E-state index contributed by atoms with van der Waals surface area (Å²) in [6.45, 7) is 5.21. The number of ether oxygens (including phenoxy) is 1. The lowest BCUT2D eigenvalue weighted by Gasteiger charge is -2.28. The van der Waals surface area contributed by atoms with Gasteiger partial charge in [0.15, 0.2) is 0 Å². The highest BCUT2D eigenvalue weighted by Crippen LogP contribution is 2.36. The van der Waals surface area contributed by atoms with Crippen LogP contribution in [0.3, 0.4) is 0 Å². The molecule has 0 saturated heterocycles. The van der Waals surface area contributed by atoms with Crippen molar-refractivity contribution in [3.05, 3.63) is 93.0 Å². The number of hydrogen-bond donors (Lipinski definition) is 1. The molecule has 0 aliphatic rings. The number of rotatable bonds is 5. The molecule has 8 heteroatoms. The molecule has 1 atom stereocenters. The highest BCUT2D eigenvalue weighted by atomic mass is 16.5. The normalized spacial score (nSPS) is 14.2. The summed E-state index contributed by atoms with van der Waals surface area (Å²) < 4.78 is 28.5. The van der Waals surface area contributed by atoms with E-state index in [1.807, 2.05) is 32.0 Å². The zero-order chi connectivity index (χ0) is 25.2. The van der Waals surface area contributed by atoms with Crippen LogP contribution in [0.2, 0.25) is 0 Å². The van der Waals surface area contributed by atoms with Crippen molar-refractivity contribution in [1.82, 2.24) is 0 Å². The summed E-state index contributed by atoms with van der Waals surface area (Å²) in [7, 11) is 0. The maximum absolute atomic E-state index is 11.5. The maximum Gasteiger partial charge on any atom is 0.336 e. The van der Waals surface area contributed by atoms with Gasteiger partial charge in [-0.3, -0.25) is 0 Å². The third kappa shape index (κ3) is 3.80. The highest BCUT2D eigenvalue weighted by Gasteiger charge is 2.34. The highest BCUT2D eigenvalue weighted by molar-refractivity contribution is 5.94. The molecule has 1 unspecified atom stereocenters. The van der Waals surface area contributed by atoms with Gasteiger partial charge < -0.3 is 27.5 Å². The molecule has 6 rings (SSSR count). The van der Waals surface area contributed by atoms with Crippen molar-refractivity contribution in [3.8, 4) is 0 Å². The van der Waals surface area contributed by atoms with Crippen LogP contribution in [0.25, 0.3) is 43.9 Å². The van der Waals surface area contributed by atoms with E-state index in [2.05, 4.69) is 0 Å². The Kier molecular flexibility index (Phi) is 4.76. The Morgan fingerprint density at radius 1 is 0.639 bits per heavy atom. The first-order chi connectivity index (χ1) is 17.1. The van der Waals surface area contributed by atoms with Gasteiger partial charge in [0.05, 0.1) is 6.61 Å². The SMILES string of the molecule is CC(O)(COC(C)(C)c1cc2cc3ccc(=O)oc3cc2o1)c1cc2cc3ccc(=O)oc3cc2o1. The molecule has 4 heterocycles. The van der Waals surface area contributed by atoms with Crippen LogP contribution < -0.4 is 11.3 Å². The third-order valence-electron chi connectivity index (χ3n) is 6.35. The Bertz CT molecular complexity index is 1750. The smallest absolute Gasteiger partial charge is 0.336 e. The van der Waals surface area contributed by atoms with Crippen LogP contribution in [0.5, 0.6) is 0 Å². The van der Waals surface area contributed by atoms with Crippen LogP contribution in [-0.2, 0) is 15.9 Å². The lowest BCUT2D eigenvalue weighted by Crippen LogP contribution is -2.33. The standard InChI is InChI=1S/C28H22O8/c1-27(2,23-10-17-8-15-4-6-25(29)35-19(15)12-21(17)33-23)32-14-28(3,31)24-11-18-9-16-5-7-26(30)36-20(16)13-22(18)34-24/h4-13,31H,14H2,1-3H3. The summed E-state index contributed by atoms with van der Waals surface area (Å²) in [6, 6.07) is 16.8. The van der Waals surface area contributed by atoms with Crippen LogP contribution in [0.1, 0.15) is 32.3 Å². The van der Waals surface area contributed by atoms with Gasteiger partial charge in [-0.25, -0.2) is 9.59 Å². The molecule has 0 saturated carbocycles. The zero-order valence-corrected chi connectivity index (χ0v) is 19.8. The summed E-state index contributed by atoms with van der Waals surface area (Å²) >= 11 is 0. The van der Waals surface area contributed by atoms with Crippen molar-refractivity contribution >= 4 is 43.9 Å². The van der Waals surface area contributed by atoms with Gasteiger partial charge in [0.25, 0.3) is 0 Å². The minimum atomic E-state index is -1.45. The van der Waals surface area contributed by atoms with E-state index in [1.165, 1.54) is 12.1 Å². The lowest BCUT2D eigenvalue weighted by molar-refractivity contribution is -0.118. The molecule has 0 radical (unpaired) electrons. The Labute approximate surface area is 203 Å².